The van der Waals surface area contributed by atoms with Crippen LogP contribution in [-0.2, 0) is 0 Å². The fourth-order valence-electron chi connectivity index (χ4n) is 2.02. The molecular formula is C13H10N4O3S. The summed E-state index contributed by atoms with van der Waals surface area (Å²) in [7, 11) is 0. The van der Waals surface area contributed by atoms with Crippen LogP contribution in [0.1, 0.15) is 0 Å². The minimum absolute atomic E-state index is 0.225. The van der Waals surface area contributed by atoms with Crippen LogP contribution >= 0.6 is 11.3 Å². The molecule has 21 heavy (non-hydrogen) atoms. The number of nitrogen functional groups attached to an aromatic ring is 1. The summed E-state index contributed by atoms with van der Waals surface area (Å²) >= 11 is 1.49. The van der Waals surface area contributed by atoms with Gasteiger partial charge in [-0.05, 0) is 23.6 Å². The van der Waals surface area contributed by atoms with Gasteiger partial charge in [0, 0.05) is 6.07 Å². The fourth-order valence-corrected chi connectivity index (χ4v) is 2.78. The molecule has 0 aliphatic carbocycles. The second-order valence-corrected chi connectivity index (χ2v) is 5.15. The number of fused-ring (bicyclic) bond motifs is 2. The van der Waals surface area contributed by atoms with Crippen molar-refractivity contribution in [3.8, 4) is 23.1 Å². The van der Waals surface area contributed by atoms with E-state index in [4.69, 9.17) is 20.1 Å². The van der Waals surface area contributed by atoms with Gasteiger partial charge < -0.3 is 14.2 Å². The normalized spacial score (nSPS) is 12.6. The maximum atomic E-state index is 5.84. The lowest BCUT2D eigenvalue weighted by atomic mass is 10.3. The number of anilines is 1. The fraction of sp³-hybridized carbons (Fsp3) is 0.0769. The number of benzene rings is 1. The van der Waals surface area contributed by atoms with Crippen molar-refractivity contribution in [3.05, 3.63) is 29.6 Å². The molecule has 0 fully saturated rings. The number of thiophene rings is 1. The van der Waals surface area contributed by atoms with Gasteiger partial charge in [-0.25, -0.2) is 10.8 Å². The predicted octanol–water partition coefficient (Wildman–Crippen LogP) is 2.50. The number of nitrogens with zero attached hydrogens (tertiary/aromatic N) is 2. The zero-order valence-corrected chi connectivity index (χ0v) is 11.5. The standard InChI is InChI=1S/C13H10N4O3S/c14-17-13-15-11(8-3-4-21-12(8)16-13)20-7-1-2-9-10(5-7)19-6-18-9/h1-5H,6,14H2,(H,15,16,17). The first-order valence-corrected chi connectivity index (χ1v) is 7.01. The lowest BCUT2D eigenvalue weighted by Gasteiger charge is -2.08. The Labute approximate surface area is 123 Å². The average Bonchev–Trinajstić information content (AvgIpc) is 3.14. The van der Waals surface area contributed by atoms with Crippen molar-refractivity contribution < 1.29 is 14.2 Å². The Hall–Kier alpha value is -2.58. The van der Waals surface area contributed by atoms with E-state index < -0.39 is 0 Å². The third kappa shape index (κ3) is 2.10. The Kier molecular flexibility index (Phi) is 2.76. The van der Waals surface area contributed by atoms with Crippen molar-refractivity contribution in [2.75, 3.05) is 12.2 Å². The van der Waals surface area contributed by atoms with Crippen LogP contribution < -0.4 is 25.5 Å². The summed E-state index contributed by atoms with van der Waals surface area (Å²) in [6.45, 7) is 0.225. The molecular weight excluding hydrogens is 292 g/mol. The van der Waals surface area contributed by atoms with Crippen LogP contribution in [0.4, 0.5) is 5.95 Å². The van der Waals surface area contributed by atoms with Crippen LogP contribution in [0.3, 0.4) is 0 Å². The van der Waals surface area contributed by atoms with E-state index in [0.29, 0.717) is 29.1 Å². The van der Waals surface area contributed by atoms with Gasteiger partial charge in [-0.15, -0.1) is 11.3 Å². The molecule has 1 aliphatic heterocycles. The number of hydrazine groups is 1. The van der Waals surface area contributed by atoms with Crippen molar-refractivity contribution in [1.82, 2.24) is 9.97 Å². The highest BCUT2D eigenvalue weighted by molar-refractivity contribution is 7.16. The minimum atomic E-state index is 0.225. The first kappa shape index (κ1) is 12.2. The predicted molar refractivity (Wildman–Crippen MR) is 77.9 cm³/mol. The van der Waals surface area contributed by atoms with Crippen molar-refractivity contribution in [3.63, 3.8) is 0 Å². The highest BCUT2D eigenvalue weighted by Gasteiger charge is 2.16. The number of nitrogens with two attached hydrogens (primary N) is 1. The molecule has 0 bridgehead atoms. The molecule has 0 saturated carbocycles. The van der Waals surface area contributed by atoms with Crippen LogP contribution in [0.15, 0.2) is 29.6 Å². The Bertz CT molecular complexity index is 820. The summed E-state index contributed by atoms with van der Waals surface area (Å²) in [6.07, 6.45) is 0. The van der Waals surface area contributed by atoms with Gasteiger partial charge in [-0.2, -0.15) is 4.98 Å². The van der Waals surface area contributed by atoms with E-state index in [1.54, 1.807) is 18.2 Å². The van der Waals surface area contributed by atoms with Crippen molar-refractivity contribution in [1.29, 1.82) is 0 Å². The number of hydrogen-bond acceptors (Lipinski definition) is 8. The molecule has 0 saturated heterocycles. The zero-order chi connectivity index (χ0) is 14.2. The van der Waals surface area contributed by atoms with E-state index in [2.05, 4.69) is 15.4 Å². The molecule has 7 nitrogen and oxygen atoms in total. The SMILES string of the molecule is NNc1nc(Oc2ccc3c(c2)OCO3)c2ccsc2n1. The molecule has 3 aromatic rings. The van der Waals surface area contributed by atoms with Crippen LogP contribution in [0, 0.1) is 0 Å². The third-order valence-electron chi connectivity index (χ3n) is 2.98. The lowest BCUT2D eigenvalue weighted by Crippen LogP contribution is -2.10. The molecule has 8 heteroatoms. The van der Waals surface area contributed by atoms with Crippen molar-refractivity contribution in [2.45, 2.75) is 0 Å². The highest BCUT2D eigenvalue weighted by atomic mass is 32.1. The van der Waals surface area contributed by atoms with Gasteiger partial charge in [0.1, 0.15) is 10.6 Å². The molecule has 2 aromatic heterocycles. The summed E-state index contributed by atoms with van der Waals surface area (Å²) in [5.41, 5.74) is 2.44. The summed E-state index contributed by atoms with van der Waals surface area (Å²) < 4.78 is 16.4. The first-order chi connectivity index (χ1) is 10.3. The summed E-state index contributed by atoms with van der Waals surface area (Å²) in [5, 5.41) is 2.75. The van der Waals surface area contributed by atoms with Gasteiger partial charge in [0.2, 0.25) is 18.6 Å². The second-order valence-electron chi connectivity index (χ2n) is 4.25. The number of ether oxygens (including phenoxy) is 3. The molecule has 0 unspecified atom stereocenters. The zero-order valence-electron chi connectivity index (χ0n) is 10.7. The van der Waals surface area contributed by atoms with E-state index in [9.17, 15) is 0 Å². The summed E-state index contributed by atoms with van der Waals surface area (Å²) in [5.74, 6) is 8.09. The quantitative estimate of drug-likeness (QED) is 0.567. The molecule has 0 atom stereocenters. The lowest BCUT2D eigenvalue weighted by molar-refractivity contribution is 0.174. The molecule has 1 aliphatic rings. The Morgan fingerprint density at radius 2 is 2.10 bits per heavy atom. The van der Waals surface area contributed by atoms with E-state index in [0.717, 1.165) is 10.2 Å². The number of aromatic nitrogens is 2. The molecule has 0 spiro atoms. The Morgan fingerprint density at radius 1 is 1.19 bits per heavy atom. The largest absolute Gasteiger partial charge is 0.454 e. The molecule has 0 radical (unpaired) electrons. The number of nitrogens with one attached hydrogen (secondary N) is 1. The second kappa shape index (κ2) is 4.76. The van der Waals surface area contributed by atoms with Crippen molar-refractivity contribution in [2.24, 2.45) is 5.84 Å². The van der Waals surface area contributed by atoms with E-state index in [1.165, 1.54) is 11.3 Å². The average molecular weight is 302 g/mol. The Balaban J connectivity index is 1.75. The molecule has 3 N–H and O–H groups in total. The Morgan fingerprint density at radius 3 is 3.00 bits per heavy atom. The monoisotopic (exact) mass is 302 g/mol. The molecule has 0 amide bonds. The number of rotatable bonds is 3. The summed E-state index contributed by atoms with van der Waals surface area (Å²) in [4.78, 5) is 9.31. The van der Waals surface area contributed by atoms with E-state index in [1.807, 2.05) is 11.4 Å². The maximum absolute atomic E-state index is 5.84. The maximum Gasteiger partial charge on any atom is 0.241 e. The van der Waals surface area contributed by atoms with Crippen LogP contribution in [0.2, 0.25) is 0 Å². The van der Waals surface area contributed by atoms with Gasteiger partial charge in [0.15, 0.2) is 11.5 Å². The smallest absolute Gasteiger partial charge is 0.241 e. The molecule has 3 heterocycles. The minimum Gasteiger partial charge on any atom is -0.454 e. The summed E-state index contributed by atoms with van der Waals surface area (Å²) in [6, 6.07) is 7.26. The van der Waals surface area contributed by atoms with Gasteiger partial charge in [-0.1, -0.05) is 0 Å². The van der Waals surface area contributed by atoms with Gasteiger partial charge in [0.25, 0.3) is 0 Å². The van der Waals surface area contributed by atoms with Crippen LogP contribution in [0.25, 0.3) is 10.2 Å². The van der Waals surface area contributed by atoms with E-state index in [-0.39, 0.29) is 6.79 Å². The molecule has 1 aromatic carbocycles. The van der Waals surface area contributed by atoms with Gasteiger partial charge in [0.05, 0.1) is 5.39 Å². The number of hydrogen-bond donors (Lipinski definition) is 2. The van der Waals surface area contributed by atoms with E-state index >= 15 is 0 Å². The van der Waals surface area contributed by atoms with Crippen molar-refractivity contribution >= 4 is 27.5 Å². The third-order valence-corrected chi connectivity index (χ3v) is 3.78. The van der Waals surface area contributed by atoms with Gasteiger partial charge in [-0.3, -0.25) is 5.43 Å². The first-order valence-electron chi connectivity index (χ1n) is 6.13. The van der Waals surface area contributed by atoms with Crippen LogP contribution in [-0.4, -0.2) is 16.8 Å². The molecule has 4 rings (SSSR count). The topological polar surface area (TPSA) is 91.5 Å². The highest BCUT2D eigenvalue weighted by Crippen LogP contribution is 2.38. The van der Waals surface area contributed by atoms with Gasteiger partial charge >= 0.3 is 0 Å². The van der Waals surface area contributed by atoms with Crippen LogP contribution in [0.5, 0.6) is 23.1 Å². The molecule has 106 valence electrons.